The first kappa shape index (κ1) is 19.0. The number of ether oxygens (including phenoxy) is 2. The number of anilines is 1. The topological polar surface area (TPSA) is 119 Å². The quantitative estimate of drug-likeness (QED) is 0.297. The maximum atomic E-state index is 14.2. The van der Waals surface area contributed by atoms with E-state index in [0.29, 0.717) is 57.3 Å². The maximum Gasteiger partial charge on any atom is 0.272 e. The van der Waals surface area contributed by atoms with E-state index < -0.39 is 11.4 Å². The average molecular weight is 419 g/mol. The van der Waals surface area contributed by atoms with Gasteiger partial charge in [0.25, 0.3) is 5.56 Å². The number of aromatic nitrogens is 4. The van der Waals surface area contributed by atoms with Crippen molar-refractivity contribution in [3.63, 3.8) is 0 Å². The highest BCUT2D eigenvalue weighted by molar-refractivity contribution is 6.15. The van der Waals surface area contributed by atoms with Gasteiger partial charge in [0, 0.05) is 35.0 Å². The molecule has 0 aliphatic carbocycles. The van der Waals surface area contributed by atoms with Gasteiger partial charge in [0.15, 0.2) is 0 Å². The number of methoxy groups -OCH3 is 1. The summed E-state index contributed by atoms with van der Waals surface area (Å²) in [6.45, 7) is 0.727. The van der Waals surface area contributed by atoms with E-state index in [9.17, 15) is 9.18 Å². The predicted octanol–water partition coefficient (Wildman–Crippen LogP) is 3.37. The second-order valence-corrected chi connectivity index (χ2v) is 7.03. The minimum Gasteiger partial charge on any atom is -0.489 e. The van der Waals surface area contributed by atoms with E-state index in [1.807, 2.05) is 6.07 Å². The molecule has 5 rings (SSSR count). The first-order chi connectivity index (χ1) is 15.1. The maximum absolute atomic E-state index is 14.2. The van der Waals surface area contributed by atoms with E-state index in [2.05, 4.69) is 20.2 Å². The lowest BCUT2D eigenvalue weighted by Crippen LogP contribution is -2.14. The predicted molar refractivity (Wildman–Crippen MR) is 117 cm³/mol. The average Bonchev–Trinajstić information content (AvgIpc) is 3.27. The van der Waals surface area contributed by atoms with Crippen LogP contribution in [0.2, 0.25) is 0 Å². The highest BCUT2D eigenvalue weighted by Crippen LogP contribution is 2.40. The van der Waals surface area contributed by atoms with Crippen LogP contribution in [0.3, 0.4) is 0 Å². The Kier molecular flexibility index (Phi) is 4.52. The zero-order chi connectivity index (χ0) is 21.5. The van der Waals surface area contributed by atoms with Crippen molar-refractivity contribution in [2.24, 2.45) is 0 Å². The molecule has 0 saturated heterocycles. The molecular formula is C22H18FN5O3. The van der Waals surface area contributed by atoms with Gasteiger partial charge in [-0.05, 0) is 29.8 Å². The lowest BCUT2D eigenvalue weighted by Gasteiger charge is -2.15. The number of hydrogen-bond donors (Lipinski definition) is 3. The fourth-order valence-electron chi connectivity index (χ4n) is 3.85. The number of pyridine rings is 2. The molecule has 0 spiro atoms. The smallest absolute Gasteiger partial charge is 0.272 e. The third-order valence-corrected chi connectivity index (χ3v) is 5.26. The summed E-state index contributed by atoms with van der Waals surface area (Å²) in [5.74, 6) is 0.0839. The number of nitrogen functional groups attached to an aromatic ring is 1. The van der Waals surface area contributed by atoms with Crippen LogP contribution in [0.4, 0.5) is 10.1 Å². The molecule has 0 fully saturated rings. The van der Waals surface area contributed by atoms with Crippen molar-refractivity contribution < 1.29 is 13.9 Å². The number of rotatable bonds is 5. The lowest BCUT2D eigenvalue weighted by atomic mass is 9.95. The number of nitrogens with one attached hydrogen (secondary N) is 2. The van der Waals surface area contributed by atoms with Gasteiger partial charge in [-0.3, -0.25) is 14.9 Å². The summed E-state index contributed by atoms with van der Waals surface area (Å²) >= 11 is 0. The van der Waals surface area contributed by atoms with Gasteiger partial charge in [-0.2, -0.15) is 5.10 Å². The Balaban J connectivity index is 1.90. The Labute approximate surface area is 174 Å². The fraction of sp³-hybridized carbons (Fsp3) is 0.136. The van der Waals surface area contributed by atoms with E-state index in [-0.39, 0.29) is 11.2 Å². The Hall–Kier alpha value is -3.98. The Bertz CT molecular complexity index is 1510. The molecule has 0 aliphatic heterocycles. The Morgan fingerprint density at radius 2 is 2.00 bits per heavy atom. The van der Waals surface area contributed by atoms with E-state index in [1.54, 1.807) is 31.5 Å². The van der Waals surface area contributed by atoms with Gasteiger partial charge in [-0.15, -0.1) is 0 Å². The van der Waals surface area contributed by atoms with Gasteiger partial charge >= 0.3 is 0 Å². The molecule has 3 heterocycles. The molecule has 4 N–H and O–H groups in total. The summed E-state index contributed by atoms with van der Waals surface area (Å²) in [6, 6.07) is 8.33. The molecule has 0 bridgehead atoms. The molecule has 156 valence electrons. The van der Waals surface area contributed by atoms with Gasteiger partial charge in [0.2, 0.25) is 0 Å². The first-order valence-electron chi connectivity index (χ1n) is 9.57. The van der Waals surface area contributed by atoms with E-state index in [4.69, 9.17) is 15.2 Å². The SMILES string of the molecule is COCCOc1cc2c(-c3ccc(F)c4[nH]ncc34)c(N)c(=O)[nH]c2c2cccnc12. The van der Waals surface area contributed by atoms with Crippen molar-refractivity contribution in [2.75, 3.05) is 26.1 Å². The van der Waals surface area contributed by atoms with Crippen molar-refractivity contribution in [1.82, 2.24) is 20.2 Å². The van der Waals surface area contributed by atoms with Gasteiger partial charge < -0.3 is 20.2 Å². The Morgan fingerprint density at radius 1 is 1.13 bits per heavy atom. The van der Waals surface area contributed by atoms with Crippen molar-refractivity contribution >= 4 is 38.4 Å². The number of halogens is 1. The summed E-state index contributed by atoms with van der Waals surface area (Å²) in [5.41, 5.74) is 8.30. The molecule has 3 aromatic heterocycles. The van der Waals surface area contributed by atoms with Gasteiger partial charge in [-0.1, -0.05) is 6.07 Å². The summed E-state index contributed by atoms with van der Waals surface area (Å²) in [4.78, 5) is 20.1. The van der Waals surface area contributed by atoms with Crippen LogP contribution in [-0.4, -0.2) is 40.5 Å². The third kappa shape index (κ3) is 2.98. The molecule has 0 aliphatic rings. The largest absolute Gasteiger partial charge is 0.489 e. The van der Waals surface area contributed by atoms with Crippen molar-refractivity contribution in [1.29, 1.82) is 0 Å². The van der Waals surface area contributed by atoms with Gasteiger partial charge in [0.05, 0.1) is 18.3 Å². The molecule has 5 aromatic rings. The second kappa shape index (κ2) is 7.37. The van der Waals surface area contributed by atoms with Crippen LogP contribution in [0.5, 0.6) is 5.75 Å². The van der Waals surface area contributed by atoms with Crippen LogP contribution in [0.15, 0.2) is 47.5 Å². The second-order valence-electron chi connectivity index (χ2n) is 7.03. The van der Waals surface area contributed by atoms with E-state index in [0.717, 1.165) is 0 Å². The summed E-state index contributed by atoms with van der Waals surface area (Å²) in [7, 11) is 1.59. The third-order valence-electron chi connectivity index (χ3n) is 5.26. The summed E-state index contributed by atoms with van der Waals surface area (Å²) in [6.07, 6.45) is 3.17. The number of nitrogens with two attached hydrogens (primary N) is 1. The monoisotopic (exact) mass is 419 g/mol. The molecule has 0 unspecified atom stereocenters. The molecule has 31 heavy (non-hydrogen) atoms. The number of benzene rings is 2. The van der Waals surface area contributed by atoms with Crippen LogP contribution < -0.4 is 16.0 Å². The van der Waals surface area contributed by atoms with E-state index >= 15 is 0 Å². The zero-order valence-electron chi connectivity index (χ0n) is 16.5. The normalized spacial score (nSPS) is 11.5. The van der Waals surface area contributed by atoms with Crippen molar-refractivity contribution in [3.05, 3.63) is 58.9 Å². The van der Waals surface area contributed by atoms with Gasteiger partial charge in [0.1, 0.15) is 34.9 Å². The number of H-pyrrole nitrogens is 2. The number of fused-ring (bicyclic) bond motifs is 4. The van der Waals surface area contributed by atoms with Crippen molar-refractivity contribution in [2.45, 2.75) is 0 Å². The molecule has 0 saturated carbocycles. The molecule has 2 aromatic carbocycles. The van der Waals surface area contributed by atoms with Crippen LogP contribution in [0.1, 0.15) is 0 Å². The van der Waals surface area contributed by atoms with Crippen LogP contribution >= 0.6 is 0 Å². The summed E-state index contributed by atoms with van der Waals surface area (Å²) in [5, 5.41) is 8.49. The lowest BCUT2D eigenvalue weighted by molar-refractivity contribution is 0.147. The van der Waals surface area contributed by atoms with Crippen LogP contribution in [0, 0.1) is 5.82 Å². The molecule has 8 nitrogen and oxygen atoms in total. The standard InChI is InChI=1S/C22H18FN5O3/c1-30-7-8-31-16-9-13-17(11-4-5-15(23)20-14(11)10-26-28-20)18(24)22(29)27-19(13)12-3-2-6-25-21(12)16/h2-6,9-10H,7-8,24H2,1H3,(H,26,28)(H,27,29). The fourth-order valence-corrected chi connectivity index (χ4v) is 3.85. The highest BCUT2D eigenvalue weighted by atomic mass is 19.1. The minimum atomic E-state index is -0.443. The minimum absolute atomic E-state index is 0.0210. The summed E-state index contributed by atoms with van der Waals surface area (Å²) < 4.78 is 25.2. The van der Waals surface area contributed by atoms with Crippen LogP contribution in [-0.2, 0) is 4.74 Å². The highest BCUT2D eigenvalue weighted by Gasteiger charge is 2.20. The molecule has 0 atom stereocenters. The van der Waals surface area contributed by atoms with Gasteiger partial charge in [-0.25, -0.2) is 4.39 Å². The molecule has 9 heteroatoms. The number of nitrogens with zero attached hydrogens (tertiary/aromatic N) is 2. The van der Waals surface area contributed by atoms with Crippen LogP contribution in [0.25, 0.3) is 43.8 Å². The first-order valence-corrected chi connectivity index (χ1v) is 9.57. The van der Waals surface area contributed by atoms with E-state index in [1.165, 1.54) is 12.3 Å². The Morgan fingerprint density at radius 3 is 2.84 bits per heavy atom. The number of aromatic amines is 2. The van der Waals surface area contributed by atoms with Crippen molar-refractivity contribution in [3.8, 4) is 16.9 Å². The molecule has 0 radical (unpaired) electrons. The number of hydrogen-bond acceptors (Lipinski definition) is 6. The molecular weight excluding hydrogens is 401 g/mol. The molecule has 0 amide bonds. The zero-order valence-corrected chi connectivity index (χ0v) is 16.5.